The molecule has 0 radical (unpaired) electrons. The summed E-state index contributed by atoms with van der Waals surface area (Å²) < 4.78 is 12.2. The first-order chi connectivity index (χ1) is 17.5. The zero-order chi connectivity index (χ0) is 24.8. The fraction of sp³-hybridized carbons (Fsp3) is 0.185. The minimum absolute atomic E-state index is 0.161. The van der Waals surface area contributed by atoms with Gasteiger partial charge in [-0.3, -0.25) is 4.52 Å². The van der Waals surface area contributed by atoms with E-state index in [1.165, 1.54) is 11.3 Å². The first-order valence-electron chi connectivity index (χ1n) is 11.6. The van der Waals surface area contributed by atoms with Gasteiger partial charge in [0.25, 0.3) is 6.20 Å². The van der Waals surface area contributed by atoms with Crippen LogP contribution < -0.4 is 20.3 Å². The Morgan fingerprint density at radius 1 is 1.14 bits per heavy atom. The number of benzene rings is 2. The number of aryl methyl sites for hydroxylation is 1. The molecule has 0 atom stereocenters. The lowest BCUT2D eigenvalue weighted by molar-refractivity contribution is -0.765. The molecule has 8 nitrogen and oxygen atoms in total. The highest BCUT2D eigenvalue weighted by molar-refractivity contribution is 7.21. The number of methoxy groups -OCH3 is 1. The van der Waals surface area contributed by atoms with E-state index in [2.05, 4.69) is 34.5 Å². The van der Waals surface area contributed by atoms with Gasteiger partial charge in [-0.15, -0.1) is 11.3 Å². The minimum Gasteiger partial charge on any atom is -0.857 e. The molecule has 5 aromatic rings. The van der Waals surface area contributed by atoms with E-state index in [-0.39, 0.29) is 5.88 Å². The molecular formula is C27H23N5O3S. The first-order valence-corrected chi connectivity index (χ1v) is 12.4. The molecule has 1 fully saturated rings. The number of hydrogen-bond acceptors (Lipinski definition) is 8. The molecule has 3 aromatic heterocycles. The van der Waals surface area contributed by atoms with Crippen molar-refractivity contribution in [2.45, 2.75) is 25.8 Å². The van der Waals surface area contributed by atoms with E-state index in [1.54, 1.807) is 18.0 Å². The van der Waals surface area contributed by atoms with Gasteiger partial charge in [0.15, 0.2) is 6.04 Å². The maximum atomic E-state index is 13.1. The summed E-state index contributed by atoms with van der Waals surface area (Å²) in [4.78, 5) is 10.00. The van der Waals surface area contributed by atoms with Crippen LogP contribution in [-0.2, 0) is 0 Å². The molecule has 0 spiro atoms. The Balaban J connectivity index is 1.50. The number of anilines is 1. The number of hydrogen-bond donors (Lipinski definition) is 1. The van der Waals surface area contributed by atoms with Crippen molar-refractivity contribution in [3.63, 3.8) is 0 Å². The summed E-state index contributed by atoms with van der Waals surface area (Å²) in [6.45, 7) is 2.04. The predicted octanol–water partition coefficient (Wildman–Crippen LogP) is 4.58. The van der Waals surface area contributed by atoms with Crippen molar-refractivity contribution in [2.75, 3.05) is 12.8 Å². The summed E-state index contributed by atoms with van der Waals surface area (Å²) in [5, 5.41) is 17.8. The maximum absolute atomic E-state index is 13.1. The number of thiophene rings is 1. The zero-order valence-corrected chi connectivity index (χ0v) is 20.6. The van der Waals surface area contributed by atoms with E-state index in [9.17, 15) is 5.11 Å². The lowest BCUT2D eigenvalue weighted by Crippen LogP contribution is -2.32. The van der Waals surface area contributed by atoms with Crippen LogP contribution in [0, 0.1) is 6.92 Å². The Kier molecular flexibility index (Phi) is 5.41. The average molecular weight is 498 g/mol. The Morgan fingerprint density at radius 2 is 1.86 bits per heavy atom. The number of nitrogen functional groups attached to an aromatic ring is 1. The SMILES string of the molecule is COc1ccc(-c2cc(-c3ccc(C)cc3)c3c(N)c(/C([O-])=N/c4c[n+](C5CC5)no4)sc3n2)cc1. The molecule has 2 aromatic carbocycles. The van der Waals surface area contributed by atoms with E-state index >= 15 is 0 Å². The fourth-order valence-electron chi connectivity index (χ4n) is 4.11. The molecule has 6 rings (SSSR count). The van der Waals surface area contributed by atoms with Crippen LogP contribution in [-0.4, -0.2) is 23.3 Å². The summed E-state index contributed by atoms with van der Waals surface area (Å²) >= 11 is 1.23. The molecular weight excluding hydrogens is 474 g/mol. The normalized spacial score (nSPS) is 13.9. The quantitative estimate of drug-likeness (QED) is 0.209. The molecule has 1 aliphatic rings. The van der Waals surface area contributed by atoms with Gasteiger partial charge in [0, 0.05) is 29.7 Å². The van der Waals surface area contributed by atoms with E-state index in [0.29, 0.717) is 21.4 Å². The molecule has 180 valence electrons. The lowest BCUT2D eigenvalue weighted by atomic mass is 9.98. The van der Waals surface area contributed by atoms with Crippen LogP contribution in [0.25, 0.3) is 32.6 Å². The second kappa shape index (κ2) is 8.76. The van der Waals surface area contributed by atoms with E-state index in [1.807, 2.05) is 37.3 Å². The smallest absolute Gasteiger partial charge is 0.320 e. The second-order valence-corrected chi connectivity index (χ2v) is 9.84. The first kappa shape index (κ1) is 22.2. The summed E-state index contributed by atoms with van der Waals surface area (Å²) in [6, 6.07) is 18.3. The third-order valence-corrected chi connectivity index (χ3v) is 7.33. The number of pyridine rings is 1. The van der Waals surface area contributed by atoms with Crippen molar-refractivity contribution in [3.8, 4) is 28.1 Å². The van der Waals surface area contributed by atoms with E-state index < -0.39 is 5.90 Å². The van der Waals surface area contributed by atoms with Crippen LogP contribution in [0.3, 0.4) is 0 Å². The van der Waals surface area contributed by atoms with Crippen LogP contribution in [0.2, 0.25) is 0 Å². The Labute approximate surface area is 211 Å². The lowest BCUT2D eigenvalue weighted by Gasteiger charge is -2.10. The molecule has 0 saturated heterocycles. The highest BCUT2D eigenvalue weighted by atomic mass is 32.1. The number of aliphatic imine (C=N–C) groups is 1. The third-order valence-electron chi connectivity index (χ3n) is 6.25. The molecule has 2 N–H and O–H groups in total. The number of ether oxygens (including phenoxy) is 1. The van der Waals surface area contributed by atoms with Gasteiger partial charge < -0.3 is 15.6 Å². The minimum atomic E-state index is -0.476. The zero-order valence-electron chi connectivity index (χ0n) is 19.8. The van der Waals surface area contributed by atoms with Crippen molar-refractivity contribution in [3.05, 3.63) is 71.2 Å². The Bertz CT molecular complexity index is 1600. The van der Waals surface area contributed by atoms with E-state index in [4.69, 9.17) is 20.0 Å². The molecule has 0 amide bonds. The van der Waals surface area contributed by atoms with Crippen molar-refractivity contribution in [1.82, 2.24) is 10.3 Å². The average Bonchev–Trinajstić information content (AvgIpc) is 3.55. The third kappa shape index (κ3) is 4.07. The number of aromatic nitrogens is 3. The largest absolute Gasteiger partial charge is 0.857 e. The second-order valence-electron chi connectivity index (χ2n) is 8.84. The molecule has 0 aliphatic heterocycles. The van der Waals surface area contributed by atoms with Crippen molar-refractivity contribution < 1.29 is 19.0 Å². The Hall–Kier alpha value is -4.24. The number of nitrogens with zero attached hydrogens (tertiary/aromatic N) is 4. The summed E-state index contributed by atoms with van der Waals surface area (Å²) in [7, 11) is 1.64. The molecule has 1 saturated carbocycles. The molecule has 0 bridgehead atoms. The highest BCUT2D eigenvalue weighted by Crippen LogP contribution is 2.41. The molecule has 0 unspecified atom stereocenters. The molecule has 9 heteroatoms. The van der Waals surface area contributed by atoms with Crippen LogP contribution in [0.15, 0.2) is 70.3 Å². The fourth-order valence-corrected chi connectivity index (χ4v) is 5.12. The number of rotatable bonds is 6. The van der Waals surface area contributed by atoms with Crippen molar-refractivity contribution in [1.29, 1.82) is 0 Å². The van der Waals surface area contributed by atoms with Gasteiger partial charge in [-0.2, -0.15) is 0 Å². The van der Waals surface area contributed by atoms with Crippen LogP contribution in [0.5, 0.6) is 5.75 Å². The number of fused-ring (bicyclic) bond motifs is 1. The van der Waals surface area contributed by atoms with Crippen molar-refractivity contribution >= 4 is 39.0 Å². The Morgan fingerprint density at radius 3 is 2.56 bits per heavy atom. The molecule has 3 heterocycles. The van der Waals surface area contributed by atoms with Crippen LogP contribution >= 0.6 is 11.3 Å². The van der Waals surface area contributed by atoms with Gasteiger partial charge in [0.1, 0.15) is 10.6 Å². The monoisotopic (exact) mass is 497 g/mol. The standard InChI is InChI=1S/C27H23N5O3S/c1-15-3-5-16(6-4-15)20-13-21(17-7-11-19(34-2)12-8-17)29-27-23(20)24(28)25(36-27)26(33)30-22-14-32(31-35-22)18-9-10-18/h3-8,11-14,18H,9-10H2,1-2H3,(H2-,28,30,31,33). The summed E-state index contributed by atoms with van der Waals surface area (Å²) in [5.74, 6) is 0.453. The molecule has 1 aliphatic carbocycles. The molecule has 36 heavy (non-hydrogen) atoms. The van der Waals surface area contributed by atoms with Gasteiger partial charge in [0.05, 0.1) is 23.4 Å². The number of nitrogens with two attached hydrogens (primary N) is 1. The predicted molar refractivity (Wildman–Crippen MR) is 137 cm³/mol. The topological polar surface area (TPSA) is 113 Å². The highest BCUT2D eigenvalue weighted by Gasteiger charge is 2.35. The maximum Gasteiger partial charge on any atom is 0.320 e. The van der Waals surface area contributed by atoms with Crippen molar-refractivity contribution in [2.24, 2.45) is 4.99 Å². The van der Waals surface area contributed by atoms with Gasteiger partial charge in [-0.05, 0) is 53.1 Å². The van der Waals surface area contributed by atoms with Crippen LogP contribution in [0.4, 0.5) is 11.6 Å². The van der Waals surface area contributed by atoms with Crippen LogP contribution in [0.1, 0.15) is 29.3 Å². The van der Waals surface area contributed by atoms with Gasteiger partial charge in [0.2, 0.25) is 5.27 Å². The van der Waals surface area contributed by atoms with Gasteiger partial charge in [-0.1, -0.05) is 29.8 Å². The van der Waals surface area contributed by atoms with Gasteiger partial charge >= 0.3 is 5.88 Å². The van der Waals surface area contributed by atoms with E-state index in [0.717, 1.165) is 51.9 Å². The van der Waals surface area contributed by atoms with Gasteiger partial charge in [-0.25, -0.2) is 9.98 Å². The summed E-state index contributed by atoms with van der Waals surface area (Å²) in [5.41, 5.74) is 11.7. The summed E-state index contributed by atoms with van der Waals surface area (Å²) in [6.07, 6.45) is 3.76.